The first-order valence-corrected chi connectivity index (χ1v) is 0. The van der Waals surface area contributed by atoms with Gasteiger partial charge in [0, 0.05) is 0 Å². The van der Waals surface area contributed by atoms with Gasteiger partial charge in [-0.15, -0.1) is 0 Å². The summed E-state index contributed by atoms with van der Waals surface area (Å²) < 4.78 is 0. The normalized spacial score (nSPS) is 0. The molecule has 0 aliphatic rings. The van der Waals surface area contributed by atoms with Crippen molar-refractivity contribution < 1.29 is 51.1 Å². The van der Waals surface area contributed by atoms with E-state index in [4.69, 9.17) is 0 Å². The van der Waals surface area contributed by atoms with Crippen LogP contribution in [0, 0.1) is 0 Å². The first kappa shape index (κ1) is 121. The third-order valence-electron chi connectivity index (χ3n) is 0. The minimum Gasteiger partial charge on any atom is -1.00 e. The zero-order valence-corrected chi connectivity index (χ0v) is 30.5. The van der Waals surface area contributed by atoms with Crippen molar-refractivity contribution in [1.29, 1.82) is 0 Å². The van der Waals surface area contributed by atoms with Crippen molar-refractivity contribution in [2.75, 3.05) is 0 Å². The predicted molar refractivity (Wildman–Crippen MR) is 50.8 cm³/mol. The average molecular weight is 521 g/mol. The van der Waals surface area contributed by atoms with Gasteiger partial charge in [0.25, 0.3) is 0 Å². The molecule has 9 heavy (non-hydrogen) atoms. The molecule has 0 aliphatic carbocycles. The van der Waals surface area contributed by atoms with E-state index in [1.54, 1.807) is 0 Å². The number of hydrogen-bond acceptors (Lipinski definition) is 0. The molecule has 0 heterocycles. The van der Waals surface area contributed by atoms with Crippen molar-refractivity contribution in [3.05, 3.63) is 0 Å². The third kappa shape index (κ3) is 77.1. The Labute approximate surface area is 137 Å². The molecule has 0 bridgehead atoms. The van der Waals surface area contributed by atoms with Gasteiger partial charge in [-0.2, -0.15) is 0 Å². The van der Waals surface area contributed by atoms with Gasteiger partial charge in [-0.1, -0.05) is 0 Å². The molecule has 0 saturated heterocycles. The van der Waals surface area contributed by atoms with Gasteiger partial charge in [0.05, 0.1) is 0 Å². The van der Waals surface area contributed by atoms with E-state index in [2.05, 4.69) is 0 Å². The fraction of sp³-hybridized carbons (Fsp3) is 0. The van der Waals surface area contributed by atoms with Crippen LogP contribution in [0.3, 0.4) is 0 Å². The summed E-state index contributed by atoms with van der Waals surface area (Å²) in [5.74, 6) is 0. The molecule has 0 aromatic heterocycles. The topological polar surface area (TPSA) is 0 Å². The van der Waals surface area contributed by atoms with Crippen LogP contribution >= 0.6 is 0 Å². The van der Waals surface area contributed by atoms with Gasteiger partial charge < -0.3 is 51.1 Å². The van der Waals surface area contributed by atoms with Crippen molar-refractivity contribution >= 4 is 88.0 Å². The second kappa shape index (κ2) is 93.5. The standard InChI is InChI=1S/4ClH.5GeH3.H/h4*1H;5*1H3;/q;;;;5*+1;-1/p-4. The first-order chi connectivity index (χ1) is 0. The van der Waals surface area contributed by atoms with Crippen molar-refractivity contribution in [1.82, 2.24) is 0 Å². The molecule has 0 rings (SSSR count). The summed E-state index contributed by atoms with van der Waals surface area (Å²) in [5.41, 5.74) is 0. The fourth-order valence-corrected chi connectivity index (χ4v) is 0. The summed E-state index contributed by atoms with van der Waals surface area (Å²) in [6.45, 7) is 0. The molecule has 0 fully saturated rings. The Morgan fingerprint density at radius 3 is 0.333 bits per heavy atom. The SMILES string of the molecule is [Cl-].[Cl-].[Cl-].[Cl-].[GeH3+].[GeH3+].[GeH3+].[GeH3+].[GeH3+].[H-]. The summed E-state index contributed by atoms with van der Waals surface area (Å²) in [6.07, 6.45) is 0. The summed E-state index contributed by atoms with van der Waals surface area (Å²) in [5, 5.41) is 0. The molecule has 0 spiro atoms. The van der Waals surface area contributed by atoms with Crippen molar-refractivity contribution in [2.24, 2.45) is 0 Å². The van der Waals surface area contributed by atoms with E-state index in [9.17, 15) is 0 Å². The molecule has 9 heteroatoms. The maximum atomic E-state index is 0. The average Bonchev–Trinajstić information content (AvgIpc) is 0. The van der Waals surface area contributed by atoms with E-state index in [0.717, 1.165) is 0 Å². The van der Waals surface area contributed by atoms with E-state index >= 15 is 0 Å². The maximum absolute atomic E-state index is 0. The van der Waals surface area contributed by atoms with Crippen LogP contribution in [0.5, 0.6) is 0 Å². The number of rotatable bonds is 0. The fourth-order valence-electron chi connectivity index (χ4n) is 0. The third-order valence-corrected chi connectivity index (χ3v) is 0. The van der Waals surface area contributed by atoms with Crippen molar-refractivity contribution in [3.63, 3.8) is 0 Å². The van der Waals surface area contributed by atoms with Gasteiger partial charge in [-0.25, -0.2) is 0 Å². The predicted octanol–water partition coefficient (Wildman–Crippen LogP) is -17.8. The molecule has 0 aromatic rings. The van der Waals surface area contributed by atoms with Crippen molar-refractivity contribution in [3.8, 4) is 0 Å². The molecule has 0 radical (unpaired) electrons. The molecule has 0 N–H and O–H groups in total. The van der Waals surface area contributed by atoms with Gasteiger partial charge in [0.15, 0.2) is 0 Å². The van der Waals surface area contributed by atoms with Crippen LogP contribution in [-0.4, -0.2) is 88.0 Å². The smallest absolute Gasteiger partial charge is 1.00 e. The first-order valence-electron chi connectivity index (χ1n) is 0. The zero-order chi connectivity index (χ0) is 0. The Morgan fingerprint density at radius 1 is 0.333 bits per heavy atom. The summed E-state index contributed by atoms with van der Waals surface area (Å²) in [4.78, 5) is 0. The van der Waals surface area contributed by atoms with Gasteiger partial charge in [-0.05, 0) is 0 Å². The van der Waals surface area contributed by atoms with Crippen LogP contribution in [0.2, 0.25) is 0 Å². The van der Waals surface area contributed by atoms with E-state index in [1.165, 1.54) is 0 Å². The number of halogens is 4. The quantitative estimate of drug-likeness (QED) is 0.278. The Hall–Kier alpha value is 3.87. The van der Waals surface area contributed by atoms with Crippen LogP contribution in [0.1, 0.15) is 1.43 Å². The van der Waals surface area contributed by atoms with Crippen LogP contribution in [0.15, 0.2) is 0 Å². The summed E-state index contributed by atoms with van der Waals surface area (Å²) in [6, 6.07) is 0. The minimum absolute atomic E-state index is 0. The van der Waals surface area contributed by atoms with Gasteiger partial charge in [0.1, 0.15) is 0 Å². The van der Waals surface area contributed by atoms with Crippen LogP contribution in [0.4, 0.5) is 0 Å². The molecule has 0 atom stereocenters. The molecular formula is H16Cl4Ge5. The maximum Gasteiger partial charge on any atom is -1.00 e. The van der Waals surface area contributed by atoms with E-state index in [1.807, 2.05) is 0 Å². The Kier molecular flexibility index (Phi) is 1260. The second-order valence-electron chi connectivity index (χ2n) is 0. The minimum atomic E-state index is 0. The van der Waals surface area contributed by atoms with Crippen LogP contribution in [-0.2, 0) is 0 Å². The molecule has 0 amide bonds. The van der Waals surface area contributed by atoms with Gasteiger partial charge >= 0.3 is 88.0 Å². The van der Waals surface area contributed by atoms with Crippen LogP contribution in [0.25, 0.3) is 0 Å². The Morgan fingerprint density at radius 2 is 0.333 bits per heavy atom. The molecule has 64 valence electrons. The summed E-state index contributed by atoms with van der Waals surface area (Å²) in [7, 11) is 0. The molecule has 0 nitrogen and oxygen atoms in total. The monoisotopic (exact) mass is 526 g/mol. The second-order valence-corrected chi connectivity index (χ2v) is 0. The van der Waals surface area contributed by atoms with Gasteiger partial charge in [0.2, 0.25) is 0 Å². The Balaban J connectivity index is 0. The molecule has 0 aromatic carbocycles. The zero-order valence-electron chi connectivity index (χ0n) is 7.51. The van der Waals surface area contributed by atoms with Crippen LogP contribution < -0.4 is 49.6 Å². The Bertz CT molecular complexity index is 13.6. The number of hydrogen-bond donors (Lipinski definition) is 0. The van der Waals surface area contributed by atoms with E-state index in [-0.39, 0.29) is 139 Å². The van der Waals surface area contributed by atoms with E-state index in [0.29, 0.717) is 0 Å². The summed E-state index contributed by atoms with van der Waals surface area (Å²) >= 11 is 0. The molecule has 0 aliphatic heterocycles. The largest absolute Gasteiger partial charge is 1.00 e. The van der Waals surface area contributed by atoms with E-state index < -0.39 is 0 Å². The molecular weight excluding hydrogens is 505 g/mol. The molecule has 0 saturated carbocycles. The van der Waals surface area contributed by atoms with Crippen molar-refractivity contribution in [2.45, 2.75) is 0 Å². The van der Waals surface area contributed by atoms with Gasteiger partial charge in [-0.3, -0.25) is 0 Å². The molecule has 0 unspecified atom stereocenters.